The van der Waals surface area contributed by atoms with E-state index in [0.717, 1.165) is 0 Å². The van der Waals surface area contributed by atoms with E-state index in [1.807, 2.05) is 0 Å². The van der Waals surface area contributed by atoms with Crippen LogP contribution in [0.2, 0.25) is 0 Å². The molecule has 0 saturated heterocycles. The van der Waals surface area contributed by atoms with Crippen LogP contribution in [0.3, 0.4) is 0 Å². The van der Waals surface area contributed by atoms with E-state index in [1.54, 1.807) is 0 Å². The molecule has 0 saturated carbocycles. The standard InChI is InChI=1S/C22H21N/c1-16-3-7-18(8-4-16)21-12-11-20(13-14-23)22(15-21)19-9-5-17(2)6-10-19/h3-12,14-15,23H,13H2,1-2H3. The summed E-state index contributed by atoms with van der Waals surface area (Å²) < 4.78 is 0. The first kappa shape index (κ1) is 15.2. The molecule has 0 aromatic heterocycles. The van der Waals surface area contributed by atoms with Gasteiger partial charge in [0.25, 0.3) is 0 Å². The molecular weight excluding hydrogens is 278 g/mol. The Morgan fingerprint density at radius 3 is 1.78 bits per heavy atom. The van der Waals surface area contributed by atoms with Crippen molar-refractivity contribution >= 4 is 6.21 Å². The monoisotopic (exact) mass is 299 g/mol. The summed E-state index contributed by atoms with van der Waals surface area (Å²) in [5, 5.41) is 7.45. The molecule has 0 fully saturated rings. The summed E-state index contributed by atoms with van der Waals surface area (Å²) in [6.07, 6.45) is 2.13. The van der Waals surface area contributed by atoms with Gasteiger partial charge in [0.2, 0.25) is 0 Å². The molecule has 1 N–H and O–H groups in total. The van der Waals surface area contributed by atoms with Crippen LogP contribution < -0.4 is 0 Å². The lowest BCUT2D eigenvalue weighted by atomic mass is 9.93. The summed E-state index contributed by atoms with van der Waals surface area (Å²) >= 11 is 0. The lowest BCUT2D eigenvalue weighted by Gasteiger charge is -2.12. The van der Waals surface area contributed by atoms with Gasteiger partial charge in [-0.2, -0.15) is 0 Å². The largest absolute Gasteiger partial charge is 0.313 e. The fourth-order valence-electron chi connectivity index (χ4n) is 2.79. The number of rotatable bonds is 4. The van der Waals surface area contributed by atoms with Gasteiger partial charge in [-0.3, -0.25) is 0 Å². The summed E-state index contributed by atoms with van der Waals surface area (Å²) in [4.78, 5) is 0. The Kier molecular flexibility index (Phi) is 4.38. The summed E-state index contributed by atoms with van der Waals surface area (Å²) in [7, 11) is 0. The van der Waals surface area contributed by atoms with Crippen LogP contribution in [0, 0.1) is 19.3 Å². The minimum Gasteiger partial charge on any atom is -0.313 e. The molecule has 0 aliphatic rings. The molecule has 0 bridgehead atoms. The zero-order valence-electron chi connectivity index (χ0n) is 13.6. The zero-order chi connectivity index (χ0) is 16.2. The van der Waals surface area contributed by atoms with Gasteiger partial charge in [0.05, 0.1) is 0 Å². The lowest BCUT2D eigenvalue weighted by Crippen LogP contribution is -1.92. The van der Waals surface area contributed by atoms with Gasteiger partial charge >= 0.3 is 0 Å². The topological polar surface area (TPSA) is 23.9 Å². The predicted molar refractivity (Wildman–Crippen MR) is 99.3 cm³/mol. The Balaban J connectivity index is 2.11. The molecule has 3 rings (SSSR count). The molecule has 1 nitrogen and oxygen atoms in total. The Hall–Kier alpha value is -2.67. The molecule has 0 spiro atoms. The van der Waals surface area contributed by atoms with Crippen LogP contribution in [-0.2, 0) is 6.42 Å². The molecule has 0 atom stereocenters. The minimum absolute atomic E-state index is 0.664. The van der Waals surface area contributed by atoms with Gasteiger partial charge in [0.1, 0.15) is 0 Å². The molecule has 23 heavy (non-hydrogen) atoms. The highest BCUT2D eigenvalue weighted by atomic mass is 14.3. The van der Waals surface area contributed by atoms with E-state index in [2.05, 4.69) is 80.6 Å². The molecular formula is C22H21N. The Labute approximate surface area is 138 Å². The lowest BCUT2D eigenvalue weighted by molar-refractivity contribution is 1.32. The number of benzene rings is 3. The van der Waals surface area contributed by atoms with Crippen LogP contribution in [0.1, 0.15) is 16.7 Å². The maximum absolute atomic E-state index is 7.45. The maximum atomic E-state index is 7.45. The van der Waals surface area contributed by atoms with Gasteiger partial charge in [-0.05, 0) is 53.9 Å². The number of aryl methyl sites for hydroxylation is 2. The second-order valence-electron chi connectivity index (χ2n) is 6.01. The van der Waals surface area contributed by atoms with Crippen LogP contribution in [0.25, 0.3) is 22.3 Å². The fourth-order valence-corrected chi connectivity index (χ4v) is 2.79. The third-order valence-corrected chi connectivity index (χ3v) is 4.18. The van der Waals surface area contributed by atoms with E-state index >= 15 is 0 Å². The van der Waals surface area contributed by atoms with Gasteiger partial charge < -0.3 is 5.41 Å². The summed E-state index contributed by atoms with van der Waals surface area (Å²) in [5.74, 6) is 0. The van der Waals surface area contributed by atoms with Crippen molar-refractivity contribution in [1.82, 2.24) is 0 Å². The van der Waals surface area contributed by atoms with Crippen molar-refractivity contribution < 1.29 is 0 Å². The molecule has 0 aliphatic heterocycles. The molecule has 3 aromatic rings. The van der Waals surface area contributed by atoms with Crippen molar-refractivity contribution in [3.05, 3.63) is 83.4 Å². The molecule has 1 heteroatoms. The summed E-state index contributed by atoms with van der Waals surface area (Å²) in [6, 6.07) is 23.8. The van der Waals surface area contributed by atoms with Crippen LogP contribution >= 0.6 is 0 Å². The van der Waals surface area contributed by atoms with Crippen molar-refractivity contribution in [3.63, 3.8) is 0 Å². The first-order valence-electron chi connectivity index (χ1n) is 7.93. The summed E-state index contributed by atoms with van der Waals surface area (Å²) in [6.45, 7) is 4.21. The van der Waals surface area contributed by atoms with E-state index in [-0.39, 0.29) is 0 Å². The van der Waals surface area contributed by atoms with E-state index in [0.29, 0.717) is 6.42 Å². The van der Waals surface area contributed by atoms with Crippen molar-refractivity contribution in [2.45, 2.75) is 20.3 Å². The smallest absolute Gasteiger partial charge is 0.00776 e. The first-order valence-corrected chi connectivity index (χ1v) is 7.93. The number of hydrogen-bond acceptors (Lipinski definition) is 1. The molecule has 0 aliphatic carbocycles. The van der Waals surface area contributed by atoms with Crippen molar-refractivity contribution in [2.75, 3.05) is 0 Å². The predicted octanol–water partition coefficient (Wildman–Crippen LogP) is 5.83. The zero-order valence-corrected chi connectivity index (χ0v) is 13.6. The van der Waals surface area contributed by atoms with Gasteiger partial charge in [0, 0.05) is 6.42 Å². The highest BCUT2D eigenvalue weighted by Gasteiger charge is 2.07. The normalized spacial score (nSPS) is 10.5. The Bertz CT molecular complexity index is 812. The van der Waals surface area contributed by atoms with Crippen LogP contribution in [0.4, 0.5) is 0 Å². The number of nitrogens with one attached hydrogen (secondary N) is 1. The van der Waals surface area contributed by atoms with E-state index in [4.69, 9.17) is 5.41 Å². The SMILES string of the molecule is Cc1ccc(-c2ccc(CC=N)c(-c3ccc(C)cc3)c2)cc1. The molecule has 114 valence electrons. The van der Waals surface area contributed by atoms with Crippen molar-refractivity contribution in [2.24, 2.45) is 0 Å². The third-order valence-electron chi connectivity index (χ3n) is 4.18. The average molecular weight is 299 g/mol. The Morgan fingerprint density at radius 1 is 0.696 bits per heavy atom. The van der Waals surface area contributed by atoms with Gasteiger partial charge in [-0.1, -0.05) is 71.8 Å². The quantitative estimate of drug-likeness (QED) is 0.586. The second kappa shape index (κ2) is 6.62. The number of hydrogen-bond donors (Lipinski definition) is 1. The van der Waals surface area contributed by atoms with Crippen LogP contribution in [0.5, 0.6) is 0 Å². The molecule has 0 radical (unpaired) electrons. The minimum atomic E-state index is 0.664. The first-order chi connectivity index (χ1) is 11.2. The van der Waals surface area contributed by atoms with Crippen LogP contribution in [-0.4, -0.2) is 6.21 Å². The molecule has 3 aromatic carbocycles. The van der Waals surface area contributed by atoms with E-state index < -0.39 is 0 Å². The van der Waals surface area contributed by atoms with E-state index in [9.17, 15) is 0 Å². The highest BCUT2D eigenvalue weighted by Crippen LogP contribution is 2.30. The maximum Gasteiger partial charge on any atom is 0.00776 e. The van der Waals surface area contributed by atoms with Gasteiger partial charge in [-0.25, -0.2) is 0 Å². The average Bonchev–Trinajstić information content (AvgIpc) is 2.57. The molecule has 0 unspecified atom stereocenters. The molecule has 0 heterocycles. The highest BCUT2D eigenvalue weighted by molar-refractivity contribution is 5.78. The van der Waals surface area contributed by atoms with Gasteiger partial charge in [0.15, 0.2) is 0 Å². The van der Waals surface area contributed by atoms with E-state index in [1.165, 1.54) is 45.2 Å². The fraction of sp³-hybridized carbons (Fsp3) is 0.136. The summed E-state index contributed by atoms with van der Waals surface area (Å²) in [5.41, 5.74) is 8.59. The van der Waals surface area contributed by atoms with Crippen LogP contribution in [0.15, 0.2) is 66.7 Å². The third kappa shape index (κ3) is 3.40. The molecule has 0 amide bonds. The van der Waals surface area contributed by atoms with Gasteiger partial charge in [-0.15, -0.1) is 0 Å². The van der Waals surface area contributed by atoms with Crippen molar-refractivity contribution in [1.29, 1.82) is 5.41 Å². The van der Waals surface area contributed by atoms with Crippen molar-refractivity contribution in [3.8, 4) is 22.3 Å². The Morgan fingerprint density at radius 2 is 1.22 bits per heavy atom. The second-order valence-corrected chi connectivity index (χ2v) is 6.01.